The fourth-order valence-electron chi connectivity index (χ4n) is 1.71. The Bertz CT molecular complexity index is 406. The number of ether oxygens (including phenoxy) is 1. The normalized spacial score (nSPS) is 10.5. The molecule has 0 bridgehead atoms. The summed E-state index contributed by atoms with van der Waals surface area (Å²) < 4.78 is 4.78. The molecule has 1 heterocycles. The van der Waals surface area contributed by atoms with Crippen molar-refractivity contribution in [2.75, 3.05) is 20.2 Å². The monoisotopic (exact) mass is 264 g/mol. The van der Waals surface area contributed by atoms with E-state index in [1.54, 1.807) is 19.3 Å². The Morgan fingerprint density at radius 2 is 1.95 bits per heavy atom. The maximum atomic E-state index is 11.7. The van der Waals surface area contributed by atoms with Crippen LogP contribution in [-0.4, -0.2) is 41.8 Å². The van der Waals surface area contributed by atoms with Crippen molar-refractivity contribution in [2.45, 2.75) is 26.3 Å². The van der Waals surface area contributed by atoms with Gasteiger partial charge in [-0.25, -0.2) is 0 Å². The lowest BCUT2D eigenvalue weighted by Gasteiger charge is -2.15. The molecule has 104 valence electrons. The van der Waals surface area contributed by atoms with Crippen LogP contribution in [0, 0.1) is 0 Å². The molecule has 5 nitrogen and oxygen atoms in total. The molecule has 1 aromatic heterocycles. The van der Waals surface area contributed by atoms with Crippen LogP contribution in [0.15, 0.2) is 24.5 Å². The predicted molar refractivity (Wildman–Crippen MR) is 71.4 cm³/mol. The highest BCUT2D eigenvalue weighted by atomic mass is 16.5. The number of likely N-dealkylation sites (N-methyl/N-ethyl adjacent to an activating group) is 1. The van der Waals surface area contributed by atoms with Crippen molar-refractivity contribution in [1.29, 1.82) is 0 Å². The molecule has 0 fully saturated rings. The fourth-order valence-corrected chi connectivity index (χ4v) is 1.71. The number of hydrogen-bond donors (Lipinski definition) is 0. The van der Waals surface area contributed by atoms with Gasteiger partial charge in [0.05, 0.1) is 19.6 Å². The van der Waals surface area contributed by atoms with Gasteiger partial charge in [0.25, 0.3) is 0 Å². The third-order valence-electron chi connectivity index (χ3n) is 2.56. The Morgan fingerprint density at radius 1 is 1.26 bits per heavy atom. The second-order valence-electron chi connectivity index (χ2n) is 4.37. The minimum absolute atomic E-state index is 0.0459. The number of carbonyl (C=O) groups is 2. The van der Waals surface area contributed by atoms with Crippen molar-refractivity contribution >= 4 is 11.8 Å². The SMILES string of the molecule is CCOC(=O)CCC(=O)CN(C)Cc1ccncc1. The molecule has 0 aliphatic rings. The first-order valence-corrected chi connectivity index (χ1v) is 6.36. The molecule has 5 heteroatoms. The number of hydrogen-bond acceptors (Lipinski definition) is 5. The molecule has 0 aliphatic carbocycles. The molecule has 1 aromatic rings. The number of esters is 1. The molecule has 0 amide bonds. The highest BCUT2D eigenvalue weighted by molar-refractivity contribution is 5.84. The topological polar surface area (TPSA) is 59.5 Å². The van der Waals surface area contributed by atoms with Gasteiger partial charge in [-0.15, -0.1) is 0 Å². The number of carbonyl (C=O) groups excluding carboxylic acids is 2. The first kappa shape index (κ1) is 15.3. The van der Waals surface area contributed by atoms with E-state index in [0.717, 1.165) is 5.56 Å². The molecule has 1 rings (SSSR count). The molecule has 0 unspecified atom stereocenters. The lowest BCUT2D eigenvalue weighted by Crippen LogP contribution is -2.26. The zero-order valence-corrected chi connectivity index (χ0v) is 11.5. The van der Waals surface area contributed by atoms with Gasteiger partial charge in [0.15, 0.2) is 0 Å². The van der Waals surface area contributed by atoms with E-state index < -0.39 is 0 Å². The smallest absolute Gasteiger partial charge is 0.306 e. The first-order chi connectivity index (χ1) is 9.11. The Balaban J connectivity index is 2.26. The van der Waals surface area contributed by atoms with Crippen LogP contribution in [0.4, 0.5) is 0 Å². The molecular formula is C14H20N2O3. The predicted octanol–water partition coefficient (Wildman–Crippen LogP) is 1.43. The third kappa shape index (κ3) is 6.67. The quantitative estimate of drug-likeness (QED) is 0.665. The minimum Gasteiger partial charge on any atom is -0.466 e. The lowest BCUT2D eigenvalue weighted by atomic mass is 10.2. The molecule has 0 aliphatic heterocycles. The van der Waals surface area contributed by atoms with Crippen molar-refractivity contribution in [1.82, 2.24) is 9.88 Å². The number of pyridine rings is 1. The maximum absolute atomic E-state index is 11.7. The average molecular weight is 264 g/mol. The summed E-state index contributed by atoms with van der Waals surface area (Å²) in [5.74, 6) is -0.266. The van der Waals surface area contributed by atoms with Crippen molar-refractivity contribution in [2.24, 2.45) is 0 Å². The summed E-state index contributed by atoms with van der Waals surface area (Å²) in [4.78, 5) is 28.7. The standard InChI is InChI=1S/C14H20N2O3/c1-3-19-14(18)5-4-13(17)11-16(2)10-12-6-8-15-9-7-12/h6-9H,3-5,10-11H2,1-2H3. The van der Waals surface area contributed by atoms with Crippen molar-refractivity contribution in [3.05, 3.63) is 30.1 Å². The van der Waals surface area contributed by atoms with Crippen LogP contribution in [0.2, 0.25) is 0 Å². The van der Waals surface area contributed by atoms with Crippen LogP contribution < -0.4 is 0 Å². The van der Waals surface area contributed by atoms with Gasteiger partial charge in [-0.1, -0.05) is 0 Å². The van der Waals surface area contributed by atoms with Crippen LogP contribution in [-0.2, 0) is 20.9 Å². The molecule has 0 aromatic carbocycles. The van der Waals surface area contributed by atoms with E-state index in [4.69, 9.17) is 4.74 Å². The molecule has 0 atom stereocenters. The van der Waals surface area contributed by atoms with Crippen molar-refractivity contribution in [3.8, 4) is 0 Å². The van der Waals surface area contributed by atoms with E-state index in [1.165, 1.54) is 0 Å². The Labute approximate surface area is 113 Å². The number of aromatic nitrogens is 1. The van der Waals surface area contributed by atoms with Gasteiger partial charge in [0.2, 0.25) is 0 Å². The zero-order valence-electron chi connectivity index (χ0n) is 11.5. The van der Waals surface area contributed by atoms with Gasteiger partial charge in [0, 0.05) is 25.4 Å². The summed E-state index contributed by atoms with van der Waals surface area (Å²) in [5.41, 5.74) is 1.11. The summed E-state index contributed by atoms with van der Waals surface area (Å²) in [5, 5.41) is 0. The van der Waals surface area contributed by atoms with Crippen LogP contribution >= 0.6 is 0 Å². The number of nitrogens with zero attached hydrogens (tertiary/aromatic N) is 2. The minimum atomic E-state index is -0.312. The van der Waals surface area contributed by atoms with Crippen molar-refractivity contribution in [3.63, 3.8) is 0 Å². The van der Waals surface area contributed by atoms with Crippen molar-refractivity contribution < 1.29 is 14.3 Å². The molecule has 0 N–H and O–H groups in total. The van der Waals surface area contributed by atoms with Gasteiger partial charge in [-0.3, -0.25) is 19.5 Å². The summed E-state index contributed by atoms with van der Waals surface area (Å²) in [6.07, 6.45) is 3.85. The van der Waals surface area contributed by atoms with Gasteiger partial charge < -0.3 is 4.74 Å². The van der Waals surface area contributed by atoms with E-state index in [-0.39, 0.29) is 24.6 Å². The van der Waals surface area contributed by atoms with E-state index in [0.29, 0.717) is 19.7 Å². The number of ketones is 1. The van der Waals surface area contributed by atoms with Gasteiger partial charge in [-0.05, 0) is 31.7 Å². The Morgan fingerprint density at radius 3 is 2.58 bits per heavy atom. The number of rotatable bonds is 8. The van der Waals surface area contributed by atoms with E-state index in [1.807, 2.05) is 24.1 Å². The van der Waals surface area contributed by atoms with Gasteiger partial charge in [-0.2, -0.15) is 0 Å². The van der Waals surface area contributed by atoms with Crippen LogP contribution in [0.25, 0.3) is 0 Å². The average Bonchev–Trinajstić information content (AvgIpc) is 2.38. The Hall–Kier alpha value is -1.75. The summed E-state index contributed by atoms with van der Waals surface area (Å²) in [7, 11) is 1.88. The fraction of sp³-hybridized carbons (Fsp3) is 0.500. The third-order valence-corrected chi connectivity index (χ3v) is 2.56. The summed E-state index contributed by atoms with van der Waals surface area (Å²) >= 11 is 0. The molecule has 19 heavy (non-hydrogen) atoms. The molecule has 0 spiro atoms. The summed E-state index contributed by atoms with van der Waals surface area (Å²) in [6, 6.07) is 3.83. The van der Waals surface area contributed by atoms with Gasteiger partial charge in [0.1, 0.15) is 5.78 Å². The second kappa shape index (κ2) is 8.37. The van der Waals surface area contributed by atoms with E-state index >= 15 is 0 Å². The zero-order chi connectivity index (χ0) is 14.1. The van der Waals surface area contributed by atoms with Crippen LogP contribution in [0.1, 0.15) is 25.3 Å². The highest BCUT2D eigenvalue weighted by Gasteiger charge is 2.10. The van der Waals surface area contributed by atoms with Crippen LogP contribution in [0.5, 0.6) is 0 Å². The molecule has 0 radical (unpaired) electrons. The lowest BCUT2D eigenvalue weighted by molar-refractivity contribution is -0.144. The number of Topliss-reactive ketones (excluding diaryl/α,β-unsaturated/α-hetero) is 1. The first-order valence-electron chi connectivity index (χ1n) is 6.36. The Kier molecular flexibility index (Phi) is 6.74. The molecule has 0 saturated carbocycles. The highest BCUT2D eigenvalue weighted by Crippen LogP contribution is 2.02. The molecule has 0 saturated heterocycles. The summed E-state index contributed by atoms with van der Waals surface area (Å²) in [6.45, 7) is 3.13. The largest absolute Gasteiger partial charge is 0.466 e. The van der Waals surface area contributed by atoms with Gasteiger partial charge >= 0.3 is 5.97 Å². The molecular weight excluding hydrogens is 244 g/mol. The van der Waals surface area contributed by atoms with E-state index in [2.05, 4.69) is 4.98 Å². The second-order valence-corrected chi connectivity index (χ2v) is 4.37. The van der Waals surface area contributed by atoms with E-state index in [9.17, 15) is 9.59 Å². The van der Waals surface area contributed by atoms with Crippen LogP contribution in [0.3, 0.4) is 0 Å². The maximum Gasteiger partial charge on any atom is 0.306 e.